The van der Waals surface area contributed by atoms with Gasteiger partial charge in [-0.15, -0.1) is 0 Å². The molecular formula is C25H23BrN2O6. The molecule has 0 aromatic heterocycles. The van der Waals surface area contributed by atoms with E-state index in [1.54, 1.807) is 36.4 Å². The van der Waals surface area contributed by atoms with Crippen molar-refractivity contribution in [1.29, 1.82) is 0 Å². The number of halogens is 1. The molecule has 0 saturated carbocycles. The van der Waals surface area contributed by atoms with Crippen LogP contribution in [0.3, 0.4) is 0 Å². The second kappa shape index (κ2) is 11.9. The van der Waals surface area contributed by atoms with Crippen LogP contribution in [0.4, 0.5) is 0 Å². The van der Waals surface area contributed by atoms with Gasteiger partial charge in [-0.1, -0.05) is 28.1 Å². The second-order valence-electron chi connectivity index (χ2n) is 7.04. The number of carbonyl (C=O) groups is 2. The molecule has 9 heteroatoms. The summed E-state index contributed by atoms with van der Waals surface area (Å²) in [7, 11) is 2.99. The summed E-state index contributed by atoms with van der Waals surface area (Å²) in [6.45, 7) is 1.74. The Labute approximate surface area is 205 Å². The Hall–Kier alpha value is -3.85. The molecule has 0 bridgehead atoms. The number of amides is 1. The van der Waals surface area contributed by atoms with E-state index < -0.39 is 11.9 Å². The summed E-state index contributed by atoms with van der Waals surface area (Å²) in [6.07, 6.45) is 1.38. The van der Waals surface area contributed by atoms with Crippen molar-refractivity contribution in [2.45, 2.75) is 6.92 Å². The van der Waals surface area contributed by atoms with Crippen molar-refractivity contribution in [3.63, 3.8) is 0 Å². The number of esters is 1. The van der Waals surface area contributed by atoms with Crippen molar-refractivity contribution < 1.29 is 28.5 Å². The largest absolute Gasteiger partial charge is 0.493 e. The fraction of sp³-hybridized carbons (Fsp3) is 0.160. The molecule has 0 saturated heterocycles. The number of aryl methyl sites for hydroxylation is 1. The van der Waals surface area contributed by atoms with Gasteiger partial charge in [0, 0.05) is 10.0 Å². The Balaban J connectivity index is 1.65. The van der Waals surface area contributed by atoms with E-state index in [2.05, 4.69) is 26.5 Å². The van der Waals surface area contributed by atoms with E-state index in [0.717, 1.165) is 10.0 Å². The molecule has 8 nitrogen and oxygen atoms in total. The zero-order valence-electron chi connectivity index (χ0n) is 18.8. The molecule has 176 valence electrons. The van der Waals surface area contributed by atoms with Crippen molar-refractivity contribution in [2.75, 3.05) is 20.8 Å². The Bertz CT molecular complexity index is 1210. The number of nitrogens with one attached hydrogen (secondary N) is 1. The van der Waals surface area contributed by atoms with Crippen LogP contribution in [0, 0.1) is 6.92 Å². The minimum absolute atomic E-state index is 0.194. The molecule has 0 aliphatic rings. The third-order valence-electron chi connectivity index (χ3n) is 4.55. The molecular weight excluding hydrogens is 504 g/mol. The number of benzene rings is 3. The quantitative estimate of drug-likeness (QED) is 0.190. The molecule has 0 atom stereocenters. The molecule has 34 heavy (non-hydrogen) atoms. The van der Waals surface area contributed by atoms with Crippen molar-refractivity contribution in [3.05, 3.63) is 81.8 Å². The lowest BCUT2D eigenvalue weighted by Gasteiger charge is -2.11. The van der Waals surface area contributed by atoms with Gasteiger partial charge in [0.1, 0.15) is 11.5 Å². The van der Waals surface area contributed by atoms with Crippen LogP contribution in [0.25, 0.3) is 0 Å². The number of methoxy groups -OCH3 is 2. The van der Waals surface area contributed by atoms with Gasteiger partial charge in [0.2, 0.25) is 0 Å². The average Bonchev–Trinajstić information content (AvgIpc) is 2.83. The fourth-order valence-electron chi connectivity index (χ4n) is 2.90. The molecule has 0 heterocycles. The maximum Gasteiger partial charge on any atom is 0.343 e. The highest BCUT2D eigenvalue weighted by molar-refractivity contribution is 9.10. The maximum atomic E-state index is 12.7. The smallest absolute Gasteiger partial charge is 0.343 e. The van der Waals surface area contributed by atoms with E-state index in [-0.39, 0.29) is 17.9 Å². The number of rotatable bonds is 9. The molecule has 1 N–H and O–H groups in total. The number of hydrogen-bond acceptors (Lipinski definition) is 7. The summed E-state index contributed by atoms with van der Waals surface area (Å²) in [5, 5.41) is 3.95. The Morgan fingerprint density at radius 1 is 0.971 bits per heavy atom. The van der Waals surface area contributed by atoms with Gasteiger partial charge >= 0.3 is 5.97 Å². The van der Waals surface area contributed by atoms with E-state index >= 15 is 0 Å². The number of nitrogens with zero attached hydrogens (tertiary/aromatic N) is 1. The van der Waals surface area contributed by atoms with Gasteiger partial charge in [-0.3, -0.25) is 4.79 Å². The molecule has 0 aliphatic heterocycles. The van der Waals surface area contributed by atoms with Crippen LogP contribution in [0.15, 0.2) is 70.2 Å². The van der Waals surface area contributed by atoms with Crippen molar-refractivity contribution in [2.24, 2.45) is 5.10 Å². The molecule has 0 aliphatic carbocycles. The maximum absolute atomic E-state index is 12.7. The van der Waals surface area contributed by atoms with E-state index in [0.29, 0.717) is 22.8 Å². The second-order valence-corrected chi connectivity index (χ2v) is 7.96. The highest BCUT2D eigenvalue weighted by Gasteiger charge is 2.15. The van der Waals surface area contributed by atoms with Crippen molar-refractivity contribution >= 4 is 34.0 Å². The summed E-state index contributed by atoms with van der Waals surface area (Å²) < 4.78 is 22.2. The van der Waals surface area contributed by atoms with Crippen molar-refractivity contribution in [3.8, 4) is 23.0 Å². The lowest BCUT2D eigenvalue weighted by molar-refractivity contribution is -0.123. The number of carbonyl (C=O) groups excluding carboxylic acids is 2. The summed E-state index contributed by atoms with van der Waals surface area (Å²) in [5.74, 6) is 0.736. The lowest BCUT2D eigenvalue weighted by atomic mass is 10.2. The predicted octanol–water partition coefficient (Wildman–Crippen LogP) is 4.52. The van der Waals surface area contributed by atoms with Crippen LogP contribution in [0.1, 0.15) is 21.5 Å². The first-order chi connectivity index (χ1) is 16.4. The number of hydrazone groups is 1. The van der Waals surface area contributed by atoms with E-state index in [1.807, 2.05) is 25.1 Å². The van der Waals surface area contributed by atoms with Gasteiger partial charge in [0.15, 0.2) is 18.1 Å². The van der Waals surface area contributed by atoms with Crippen molar-refractivity contribution in [1.82, 2.24) is 5.43 Å². The van der Waals surface area contributed by atoms with Gasteiger partial charge in [-0.2, -0.15) is 5.10 Å². The number of hydrogen-bond donors (Lipinski definition) is 1. The first-order valence-electron chi connectivity index (χ1n) is 10.1. The SMILES string of the molecule is COc1ccc(C(=O)Oc2ccc(Br)cc2C=NNC(=O)COc2cccc(C)c2)cc1OC. The Morgan fingerprint density at radius 3 is 2.47 bits per heavy atom. The summed E-state index contributed by atoms with van der Waals surface area (Å²) in [4.78, 5) is 24.7. The zero-order valence-corrected chi connectivity index (χ0v) is 20.4. The monoisotopic (exact) mass is 526 g/mol. The standard InChI is InChI=1S/C25H23BrN2O6/c1-16-5-4-6-20(11-16)33-15-24(29)28-27-14-18-12-19(26)8-10-21(18)34-25(30)17-7-9-22(31-2)23(13-17)32-3/h4-14H,15H2,1-3H3,(H,28,29). The third kappa shape index (κ3) is 6.82. The van der Waals surface area contributed by atoms with Crippen LogP contribution < -0.4 is 24.4 Å². The van der Waals surface area contributed by atoms with Gasteiger partial charge in [0.25, 0.3) is 5.91 Å². The average molecular weight is 527 g/mol. The highest BCUT2D eigenvalue weighted by Crippen LogP contribution is 2.29. The Morgan fingerprint density at radius 2 is 1.74 bits per heavy atom. The number of ether oxygens (including phenoxy) is 4. The molecule has 1 amide bonds. The first-order valence-corrected chi connectivity index (χ1v) is 10.9. The minimum atomic E-state index is -0.589. The molecule has 0 unspecified atom stereocenters. The van der Waals surface area contributed by atoms with E-state index in [1.165, 1.54) is 26.5 Å². The zero-order chi connectivity index (χ0) is 24.5. The van der Waals surface area contributed by atoms with Gasteiger partial charge in [-0.05, 0) is 61.0 Å². The minimum Gasteiger partial charge on any atom is -0.493 e. The molecule has 0 fully saturated rings. The van der Waals surface area contributed by atoms with Gasteiger partial charge < -0.3 is 18.9 Å². The highest BCUT2D eigenvalue weighted by atomic mass is 79.9. The van der Waals surface area contributed by atoms with Crippen LogP contribution in [-0.2, 0) is 4.79 Å². The van der Waals surface area contributed by atoms with E-state index in [4.69, 9.17) is 18.9 Å². The van der Waals surface area contributed by atoms with Crippen LogP contribution in [0.2, 0.25) is 0 Å². The van der Waals surface area contributed by atoms with Crippen LogP contribution in [0.5, 0.6) is 23.0 Å². The summed E-state index contributed by atoms with van der Waals surface area (Å²) in [5.41, 5.74) is 4.18. The van der Waals surface area contributed by atoms with E-state index in [9.17, 15) is 9.59 Å². The Kier molecular flexibility index (Phi) is 8.64. The molecule has 3 rings (SSSR count). The lowest BCUT2D eigenvalue weighted by Crippen LogP contribution is -2.24. The fourth-order valence-corrected chi connectivity index (χ4v) is 3.27. The normalized spacial score (nSPS) is 10.6. The van der Waals surface area contributed by atoms with Gasteiger partial charge in [0.05, 0.1) is 26.0 Å². The molecule has 3 aromatic carbocycles. The molecule has 0 radical (unpaired) electrons. The topological polar surface area (TPSA) is 95.5 Å². The van der Waals surface area contributed by atoms with Gasteiger partial charge in [-0.25, -0.2) is 10.2 Å². The summed E-state index contributed by atoms with van der Waals surface area (Å²) in [6, 6.07) is 17.1. The molecule has 3 aromatic rings. The predicted molar refractivity (Wildman–Crippen MR) is 131 cm³/mol. The molecule has 0 spiro atoms. The summed E-state index contributed by atoms with van der Waals surface area (Å²) >= 11 is 3.38. The first kappa shape index (κ1) is 24.8. The third-order valence-corrected chi connectivity index (χ3v) is 5.04. The van der Waals surface area contributed by atoms with Crippen LogP contribution >= 0.6 is 15.9 Å². The van der Waals surface area contributed by atoms with Crippen LogP contribution in [-0.4, -0.2) is 38.9 Å².